The largest absolute Gasteiger partial charge is 0.399 e. The Morgan fingerprint density at radius 1 is 1.28 bits per heavy atom. The number of benzene rings is 2. The summed E-state index contributed by atoms with van der Waals surface area (Å²) in [6, 6.07) is 13.9. The van der Waals surface area contributed by atoms with E-state index in [9.17, 15) is 10.1 Å². The summed E-state index contributed by atoms with van der Waals surface area (Å²) < 4.78 is 5.31. The van der Waals surface area contributed by atoms with Crippen molar-refractivity contribution in [2.75, 3.05) is 17.6 Å². The average Bonchev–Trinajstić information content (AvgIpc) is 3.10. The van der Waals surface area contributed by atoms with Crippen LogP contribution in [0.15, 0.2) is 53.1 Å². The quantitative estimate of drug-likeness (QED) is 0.401. The molecule has 3 aromatic rings. The summed E-state index contributed by atoms with van der Waals surface area (Å²) in [5.74, 6) is 0.835. The lowest BCUT2D eigenvalue weighted by molar-refractivity contribution is -0.383. The Balaban J connectivity index is 1.72. The second-order valence-corrected chi connectivity index (χ2v) is 5.64. The SMILES string of the molecule is C[C@@H](CNc1cc(N)ccc1[N+](=O)[O-])c1nc(-c2ccccc2)no1. The number of rotatable bonds is 6. The van der Waals surface area contributed by atoms with E-state index in [0.29, 0.717) is 29.6 Å². The van der Waals surface area contributed by atoms with Crippen molar-refractivity contribution in [3.63, 3.8) is 0 Å². The van der Waals surface area contributed by atoms with Gasteiger partial charge in [0.05, 0.1) is 10.8 Å². The summed E-state index contributed by atoms with van der Waals surface area (Å²) in [5, 5.41) is 18.1. The van der Waals surface area contributed by atoms with E-state index in [2.05, 4.69) is 15.5 Å². The molecule has 0 aliphatic heterocycles. The van der Waals surface area contributed by atoms with E-state index in [4.69, 9.17) is 10.3 Å². The normalized spacial score (nSPS) is 11.9. The van der Waals surface area contributed by atoms with E-state index in [1.54, 1.807) is 0 Å². The Hall–Kier alpha value is -3.42. The summed E-state index contributed by atoms with van der Waals surface area (Å²) in [4.78, 5) is 15.0. The van der Waals surface area contributed by atoms with E-state index in [-0.39, 0.29) is 11.6 Å². The molecule has 3 rings (SSSR count). The van der Waals surface area contributed by atoms with Crippen LogP contribution >= 0.6 is 0 Å². The van der Waals surface area contributed by atoms with Gasteiger partial charge in [0, 0.05) is 23.9 Å². The summed E-state index contributed by atoms with van der Waals surface area (Å²) in [6.45, 7) is 2.29. The molecule has 0 spiro atoms. The molecule has 1 heterocycles. The van der Waals surface area contributed by atoms with Crippen LogP contribution in [0.5, 0.6) is 0 Å². The van der Waals surface area contributed by atoms with E-state index in [1.165, 1.54) is 18.2 Å². The van der Waals surface area contributed by atoms with Gasteiger partial charge in [-0.05, 0) is 12.1 Å². The van der Waals surface area contributed by atoms with E-state index >= 15 is 0 Å². The molecule has 8 heteroatoms. The number of hydrogen-bond acceptors (Lipinski definition) is 7. The third-order valence-corrected chi connectivity index (χ3v) is 3.71. The maximum atomic E-state index is 11.1. The molecule has 0 amide bonds. The molecule has 0 aliphatic carbocycles. The van der Waals surface area contributed by atoms with Gasteiger partial charge >= 0.3 is 0 Å². The topological polar surface area (TPSA) is 120 Å². The van der Waals surface area contributed by atoms with Gasteiger partial charge in [0.15, 0.2) is 0 Å². The van der Waals surface area contributed by atoms with Gasteiger partial charge in [-0.1, -0.05) is 42.4 Å². The Labute approximate surface area is 143 Å². The van der Waals surface area contributed by atoms with Gasteiger partial charge in [-0.15, -0.1) is 0 Å². The first-order valence-electron chi connectivity index (χ1n) is 7.71. The van der Waals surface area contributed by atoms with Crippen LogP contribution in [-0.2, 0) is 0 Å². The van der Waals surface area contributed by atoms with Crippen LogP contribution in [0.25, 0.3) is 11.4 Å². The van der Waals surface area contributed by atoms with Gasteiger partial charge in [-0.3, -0.25) is 10.1 Å². The van der Waals surface area contributed by atoms with Crippen LogP contribution in [0.3, 0.4) is 0 Å². The minimum absolute atomic E-state index is 0.0306. The molecule has 0 fully saturated rings. The van der Waals surface area contributed by atoms with E-state index < -0.39 is 4.92 Å². The molecule has 0 unspecified atom stereocenters. The Morgan fingerprint density at radius 2 is 2.04 bits per heavy atom. The number of nitrogens with two attached hydrogens (primary N) is 1. The first-order chi connectivity index (χ1) is 12.0. The molecule has 25 heavy (non-hydrogen) atoms. The molecule has 0 saturated carbocycles. The maximum Gasteiger partial charge on any atom is 0.292 e. The van der Waals surface area contributed by atoms with E-state index in [1.807, 2.05) is 37.3 Å². The molecule has 2 aromatic carbocycles. The summed E-state index contributed by atoms with van der Waals surface area (Å²) in [6.07, 6.45) is 0. The summed E-state index contributed by atoms with van der Waals surface area (Å²) in [5.41, 5.74) is 7.35. The number of aromatic nitrogens is 2. The first-order valence-corrected chi connectivity index (χ1v) is 7.71. The zero-order valence-corrected chi connectivity index (χ0v) is 13.5. The number of nitro benzene ring substituents is 1. The van der Waals surface area contributed by atoms with Crippen molar-refractivity contribution in [1.29, 1.82) is 0 Å². The fourth-order valence-electron chi connectivity index (χ4n) is 2.34. The number of hydrogen-bond donors (Lipinski definition) is 2. The fraction of sp³-hybridized carbons (Fsp3) is 0.176. The lowest BCUT2D eigenvalue weighted by Crippen LogP contribution is -2.11. The van der Waals surface area contributed by atoms with Gasteiger partial charge in [-0.25, -0.2) is 0 Å². The molecule has 0 aliphatic rings. The van der Waals surface area contributed by atoms with Gasteiger partial charge in [0.25, 0.3) is 5.69 Å². The Morgan fingerprint density at radius 3 is 2.76 bits per heavy atom. The minimum atomic E-state index is -0.452. The molecule has 0 radical (unpaired) electrons. The molecular weight excluding hydrogens is 322 g/mol. The molecule has 0 saturated heterocycles. The number of nitrogen functional groups attached to an aromatic ring is 1. The third kappa shape index (κ3) is 3.74. The molecular formula is C17H17N5O3. The van der Waals surface area contributed by atoms with Gasteiger partial charge < -0.3 is 15.6 Å². The third-order valence-electron chi connectivity index (χ3n) is 3.71. The van der Waals surface area contributed by atoms with Crippen molar-refractivity contribution in [3.8, 4) is 11.4 Å². The summed E-state index contributed by atoms with van der Waals surface area (Å²) >= 11 is 0. The zero-order chi connectivity index (χ0) is 17.8. The Bertz CT molecular complexity index is 879. The lowest BCUT2D eigenvalue weighted by Gasteiger charge is -2.10. The first kappa shape index (κ1) is 16.4. The van der Waals surface area contributed by atoms with Crippen molar-refractivity contribution in [2.45, 2.75) is 12.8 Å². The average molecular weight is 339 g/mol. The van der Waals surface area contributed by atoms with Crippen molar-refractivity contribution >= 4 is 17.1 Å². The van der Waals surface area contributed by atoms with Crippen molar-refractivity contribution in [3.05, 3.63) is 64.5 Å². The molecule has 1 aromatic heterocycles. The van der Waals surface area contributed by atoms with Crippen molar-refractivity contribution in [2.24, 2.45) is 0 Å². The van der Waals surface area contributed by atoms with Crippen molar-refractivity contribution in [1.82, 2.24) is 10.1 Å². The van der Waals surface area contributed by atoms with E-state index in [0.717, 1.165) is 5.56 Å². The van der Waals surface area contributed by atoms with Gasteiger partial charge in [0.2, 0.25) is 11.7 Å². The zero-order valence-electron chi connectivity index (χ0n) is 13.5. The number of anilines is 2. The molecule has 128 valence electrons. The molecule has 1 atom stereocenters. The second-order valence-electron chi connectivity index (χ2n) is 5.64. The number of nitrogens with one attached hydrogen (secondary N) is 1. The highest BCUT2D eigenvalue weighted by Crippen LogP contribution is 2.27. The lowest BCUT2D eigenvalue weighted by atomic mass is 10.1. The molecule has 8 nitrogen and oxygen atoms in total. The van der Waals surface area contributed by atoms with Crippen LogP contribution < -0.4 is 11.1 Å². The predicted octanol–water partition coefficient (Wildman–Crippen LogP) is 3.44. The minimum Gasteiger partial charge on any atom is -0.399 e. The highest BCUT2D eigenvalue weighted by atomic mass is 16.6. The highest BCUT2D eigenvalue weighted by molar-refractivity contribution is 5.67. The van der Waals surface area contributed by atoms with Crippen LogP contribution in [-0.4, -0.2) is 21.6 Å². The monoisotopic (exact) mass is 339 g/mol. The Kier molecular flexibility index (Phi) is 4.60. The fourth-order valence-corrected chi connectivity index (χ4v) is 2.34. The van der Waals surface area contributed by atoms with Crippen LogP contribution in [0.4, 0.5) is 17.1 Å². The number of nitro groups is 1. The smallest absolute Gasteiger partial charge is 0.292 e. The van der Waals surface area contributed by atoms with Crippen LogP contribution in [0, 0.1) is 10.1 Å². The highest BCUT2D eigenvalue weighted by Gasteiger charge is 2.18. The second kappa shape index (κ2) is 7.00. The molecule has 0 bridgehead atoms. The molecule has 3 N–H and O–H groups in total. The number of nitrogens with zero attached hydrogens (tertiary/aromatic N) is 3. The predicted molar refractivity (Wildman–Crippen MR) is 94.1 cm³/mol. The van der Waals surface area contributed by atoms with Crippen molar-refractivity contribution < 1.29 is 9.45 Å². The standard InChI is InChI=1S/C17H17N5O3/c1-11(10-19-14-9-13(18)7-8-15(14)22(23)24)17-20-16(21-25-17)12-5-3-2-4-6-12/h2-9,11,19H,10,18H2,1H3/t11-/m0/s1. The van der Waals surface area contributed by atoms with Gasteiger partial charge in [0.1, 0.15) is 5.69 Å². The van der Waals surface area contributed by atoms with Crippen LogP contribution in [0.2, 0.25) is 0 Å². The van der Waals surface area contributed by atoms with Crippen LogP contribution in [0.1, 0.15) is 18.7 Å². The van der Waals surface area contributed by atoms with Gasteiger partial charge in [-0.2, -0.15) is 4.98 Å². The maximum absolute atomic E-state index is 11.1. The summed E-state index contributed by atoms with van der Waals surface area (Å²) in [7, 11) is 0.